The summed E-state index contributed by atoms with van der Waals surface area (Å²) in [6, 6.07) is 33.7. The summed E-state index contributed by atoms with van der Waals surface area (Å²) in [7, 11) is 1.00. The molecule has 11 heteroatoms. The summed E-state index contributed by atoms with van der Waals surface area (Å²) >= 11 is 0. The molecular formula is C39H50N4O7. The number of nitro benzene ring substituents is 1. The number of nitro groups is 1. The Kier molecular flexibility index (Phi) is 14.3. The standard InChI is InChI=1S/C19H22N2O4.C19H24N2O2.CH4O/c1-19(25-18-9-5-6-16(14-18)21(22)23)10-11-20(15-19)12-13-24-17-7-3-2-4-8-17;1-19(23-18-9-5-6-16(20)14-18)10-11-21(15-19)12-13-22-17-7-3-2-4-8-17;1-2/h2-9,14H,10-13,15H2,1H3;2-9,14H,10-13,15,20H2,1H3;2H,1H3. The van der Waals surface area contributed by atoms with Gasteiger partial charge in [0.15, 0.2) is 0 Å². The van der Waals surface area contributed by atoms with Gasteiger partial charge >= 0.3 is 0 Å². The van der Waals surface area contributed by atoms with Gasteiger partial charge in [0, 0.05) is 77.0 Å². The Labute approximate surface area is 295 Å². The van der Waals surface area contributed by atoms with Crippen molar-refractivity contribution in [3.05, 3.63) is 119 Å². The van der Waals surface area contributed by atoms with E-state index in [0.29, 0.717) is 19.0 Å². The number of aliphatic hydroxyl groups excluding tert-OH is 1. The van der Waals surface area contributed by atoms with Crippen molar-refractivity contribution >= 4 is 11.4 Å². The molecule has 11 nitrogen and oxygen atoms in total. The highest BCUT2D eigenvalue weighted by Gasteiger charge is 2.36. The third-order valence-electron chi connectivity index (χ3n) is 8.48. The lowest BCUT2D eigenvalue weighted by molar-refractivity contribution is -0.385. The number of aliphatic hydroxyl groups is 1. The van der Waals surface area contributed by atoms with Crippen LogP contribution in [0.1, 0.15) is 26.7 Å². The number of likely N-dealkylation sites (tertiary alicyclic amines) is 2. The zero-order valence-electron chi connectivity index (χ0n) is 29.3. The second-order valence-corrected chi connectivity index (χ2v) is 12.8. The van der Waals surface area contributed by atoms with Crippen molar-refractivity contribution in [3.63, 3.8) is 0 Å². The monoisotopic (exact) mass is 686 g/mol. The van der Waals surface area contributed by atoms with Gasteiger partial charge in [-0.2, -0.15) is 0 Å². The van der Waals surface area contributed by atoms with E-state index in [2.05, 4.69) is 16.7 Å². The van der Waals surface area contributed by atoms with Crippen LogP contribution >= 0.6 is 0 Å². The van der Waals surface area contributed by atoms with Crippen molar-refractivity contribution in [3.8, 4) is 23.0 Å². The van der Waals surface area contributed by atoms with Crippen molar-refractivity contribution in [1.29, 1.82) is 0 Å². The summed E-state index contributed by atoms with van der Waals surface area (Å²) in [5, 5.41) is 17.9. The van der Waals surface area contributed by atoms with E-state index in [4.69, 9.17) is 29.8 Å². The van der Waals surface area contributed by atoms with Gasteiger partial charge in [0.25, 0.3) is 5.69 Å². The Morgan fingerprint density at radius 1 is 0.680 bits per heavy atom. The lowest BCUT2D eigenvalue weighted by atomic mass is 10.1. The maximum absolute atomic E-state index is 10.9. The average molecular weight is 687 g/mol. The second kappa shape index (κ2) is 18.8. The molecule has 6 rings (SSSR count). The van der Waals surface area contributed by atoms with Gasteiger partial charge in [0.05, 0.1) is 11.0 Å². The van der Waals surface area contributed by atoms with Crippen molar-refractivity contribution in [2.24, 2.45) is 0 Å². The van der Waals surface area contributed by atoms with Crippen LogP contribution in [0.3, 0.4) is 0 Å². The Morgan fingerprint density at radius 3 is 1.58 bits per heavy atom. The van der Waals surface area contributed by atoms with Crippen molar-refractivity contribution in [1.82, 2.24) is 9.80 Å². The van der Waals surface area contributed by atoms with Crippen LogP contribution in [-0.2, 0) is 0 Å². The zero-order chi connectivity index (χ0) is 35.8. The number of non-ortho nitro benzene ring substituents is 1. The van der Waals surface area contributed by atoms with Crippen molar-refractivity contribution < 1.29 is 29.0 Å². The number of nitrogen functional groups attached to an aromatic ring is 1. The van der Waals surface area contributed by atoms with E-state index in [1.165, 1.54) is 12.1 Å². The molecule has 2 heterocycles. The van der Waals surface area contributed by atoms with Crippen LogP contribution in [-0.4, -0.2) is 90.6 Å². The Hall–Kier alpha value is -4.84. The number of hydrogen-bond acceptors (Lipinski definition) is 10. The van der Waals surface area contributed by atoms with Crippen LogP contribution in [0.5, 0.6) is 23.0 Å². The Balaban J connectivity index is 0.000000215. The van der Waals surface area contributed by atoms with Crippen LogP contribution in [0.4, 0.5) is 11.4 Å². The topological polar surface area (TPSA) is 133 Å². The Bertz CT molecular complexity index is 1600. The molecule has 0 aliphatic carbocycles. The third kappa shape index (κ3) is 12.2. The molecule has 268 valence electrons. The molecule has 4 aromatic carbocycles. The van der Waals surface area contributed by atoms with Gasteiger partial charge < -0.3 is 29.8 Å². The fraction of sp³-hybridized carbons (Fsp3) is 0.385. The second-order valence-electron chi connectivity index (χ2n) is 12.8. The summed E-state index contributed by atoms with van der Waals surface area (Å²) in [4.78, 5) is 15.2. The molecule has 0 amide bonds. The van der Waals surface area contributed by atoms with E-state index in [1.807, 2.05) is 91.9 Å². The summed E-state index contributed by atoms with van der Waals surface area (Å²) in [6.07, 6.45) is 1.88. The maximum atomic E-state index is 10.9. The quantitative estimate of drug-likeness (QED) is 0.0936. The van der Waals surface area contributed by atoms with E-state index in [1.54, 1.807) is 12.1 Å². The first kappa shape index (κ1) is 38.0. The van der Waals surface area contributed by atoms with Crippen LogP contribution in [0.25, 0.3) is 0 Å². The number of benzene rings is 4. The highest BCUT2D eigenvalue weighted by molar-refractivity contribution is 5.44. The van der Waals surface area contributed by atoms with Crippen LogP contribution in [0.15, 0.2) is 109 Å². The van der Waals surface area contributed by atoms with Crippen molar-refractivity contribution in [2.75, 3.05) is 65.3 Å². The highest BCUT2D eigenvalue weighted by Crippen LogP contribution is 2.30. The number of hydrogen-bond donors (Lipinski definition) is 2. The summed E-state index contributed by atoms with van der Waals surface area (Å²) in [5.74, 6) is 3.18. The highest BCUT2D eigenvalue weighted by atomic mass is 16.6. The molecular weight excluding hydrogens is 636 g/mol. The van der Waals surface area contributed by atoms with Crippen LogP contribution in [0, 0.1) is 10.1 Å². The minimum atomic E-state index is -0.406. The molecule has 2 aliphatic heterocycles. The van der Waals surface area contributed by atoms with Crippen molar-refractivity contribution in [2.45, 2.75) is 37.9 Å². The van der Waals surface area contributed by atoms with Gasteiger partial charge in [0.2, 0.25) is 0 Å². The first-order valence-corrected chi connectivity index (χ1v) is 16.9. The number of rotatable bonds is 13. The predicted octanol–water partition coefficient (Wildman–Crippen LogP) is 6.32. The minimum Gasteiger partial charge on any atom is -0.492 e. The smallest absolute Gasteiger partial charge is 0.273 e. The molecule has 0 spiro atoms. The number of para-hydroxylation sites is 2. The van der Waals surface area contributed by atoms with Crippen LogP contribution in [0.2, 0.25) is 0 Å². The number of nitrogens with zero attached hydrogens (tertiary/aromatic N) is 3. The number of ether oxygens (including phenoxy) is 4. The molecule has 2 unspecified atom stereocenters. The molecule has 2 atom stereocenters. The molecule has 4 aromatic rings. The SMILES string of the molecule is CC1(Oc2cccc(N)c2)CCN(CCOc2ccccc2)C1.CC1(Oc2cccc([N+](=O)[O-])c2)CCN(CCOc2ccccc2)C1.CO. The lowest BCUT2D eigenvalue weighted by Gasteiger charge is -2.26. The summed E-state index contributed by atoms with van der Waals surface area (Å²) < 4.78 is 23.7. The normalized spacial score (nSPS) is 20.1. The molecule has 2 fully saturated rings. The maximum Gasteiger partial charge on any atom is 0.273 e. The fourth-order valence-corrected chi connectivity index (χ4v) is 6.03. The summed E-state index contributed by atoms with van der Waals surface area (Å²) in [6.45, 7) is 10.9. The molecule has 2 saturated heterocycles. The van der Waals surface area contributed by atoms with Gasteiger partial charge in [-0.3, -0.25) is 19.9 Å². The molecule has 0 bridgehead atoms. The van der Waals surface area contributed by atoms with E-state index in [-0.39, 0.29) is 16.9 Å². The molecule has 0 saturated carbocycles. The van der Waals surface area contributed by atoms with Crippen LogP contribution < -0.4 is 24.7 Å². The van der Waals surface area contributed by atoms with Gasteiger partial charge in [-0.15, -0.1) is 0 Å². The first-order chi connectivity index (χ1) is 24.2. The van der Waals surface area contributed by atoms with Gasteiger partial charge in [0.1, 0.15) is 47.4 Å². The molecule has 0 aromatic heterocycles. The number of nitrogens with two attached hydrogens (primary N) is 1. The Morgan fingerprint density at radius 2 is 1.12 bits per heavy atom. The molecule has 2 aliphatic rings. The molecule has 50 heavy (non-hydrogen) atoms. The first-order valence-electron chi connectivity index (χ1n) is 16.9. The minimum absolute atomic E-state index is 0.0483. The van der Waals surface area contributed by atoms with Gasteiger partial charge in [-0.25, -0.2) is 0 Å². The number of anilines is 1. The van der Waals surface area contributed by atoms with E-state index < -0.39 is 4.92 Å². The fourth-order valence-electron chi connectivity index (χ4n) is 6.03. The largest absolute Gasteiger partial charge is 0.492 e. The van der Waals surface area contributed by atoms with E-state index in [0.717, 1.165) is 82.2 Å². The van der Waals surface area contributed by atoms with Gasteiger partial charge in [-0.05, 0) is 56.3 Å². The summed E-state index contributed by atoms with van der Waals surface area (Å²) in [5.41, 5.74) is 6.09. The third-order valence-corrected chi connectivity index (χ3v) is 8.48. The molecule has 0 radical (unpaired) electrons. The van der Waals surface area contributed by atoms with E-state index in [9.17, 15) is 10.1 Å². The lowest BCUT2D eigenvalue weighted by Crippen LogP contribution is -2.37. The van der Waals surface area contributed by atoms with E-state index >= 15 is 0 Å². The average Bonchev–Trinajstić information content (AvgIpc) is 3.68. The zero-order valence-corrected chi connectivity index (χ0v) is 29.3. The molecule has 3 N–H and O–H groups in total. The predicted molar refractivity (Wildman–Crippen MR) is 196 cm³/mol. The van der Waals surface area contributed by atoms with Gasteiger partial charge in [-0.1, -0.05) is 48.5 Å².